The zero-order valence-electron chi connectivity index (χ0n) is 17.5. The van der Waals surface area contributed by atoms with Crippen LogP contribution in [0.2, 0.25) is 0 Å². The second kappa shape index (κ2) is 9.49. The lowest BCUT2D eigenvalue weighted by atomic mass is 10.1. The summed E-state index contributed by atoms with van der Waals surface area (Å²) in [5.74, 6) is -0.148. The molecular weight excluding hydrogens is 446 g/mol. The number of amides is 1. The van der Waals surface area contributed by atoms with Crippen LogP contribution in [0, 0.1) is 0 Å². The largest absolute Gasteiger partial charge is 0.345 e. The molecule has 0 aliphatic carbocycles. The number of sulfonamides is 1. The predicted octanol–water partition coefficient (Wildman–Crippen LogP) is 4.41. The first-order valence-corrected chi connectivity index (χ1v) is 12.7. The molecular formula is C22H23N5O3S2. The molecule has 0 aliphatic heterocycles. The fourth-order valence-electron chi connectivity index (χ4n) is 3.28. The van der Waals surface area contributed by atoms with Crippen molar-refractivity contribution in [1.82, 2.24) is 15.0 Å². The number of hydrogen-bond acceptors (Lipinski definition) is 6. The number of carbonyl (C=O) groups excluding carboxylic acids is 1. The van der Waals surface area contributed by atoms with Crippen LogP contribution in [0.4, 0.5) is 10.8 Å². The molecule has 4 aromatic rings. The van der Waals surface area contributed by atoms with Gasteiger partial charge in [-0.1, -0.05) is 25.5 Å². The first kappa shape index (κ1) is 22.0. The summed E-state index contributed by atoms with van der Waals surface area (Å²) in [5.41, 5.74) is 3.63. The van der Waals surface area contributed by atoms with E-state index in [0.717, 1.165) is 28.7 Å². The number of benzene rings is 1. The minimum atomic E-state index is -3.39. The minimum absolute atomic E-state index is 0.0765. The van der Waals surface area contributed by atoms with Crippen LogP contribution in [0.3, 0.4) is 0 Å². The fraction of sp³-hybridized carbons (Fsp3) is 0.227. The number of H-pyrrole nitrogens is 1. The number of thiazole rings is 1. The van der Waals surface area contributed by atoms with Gasteiger partial charge < -0.3 is 10.3 Å². The van der Waals surface area contributed by atoms with Crippen molar-refractivity contribution in [2.24, 2.45) is 0 Å². The number of fused-ring (bicyclic) bond motifs is 1. The molecule has 0 radical (unpaired) electrons. The van der Waals surface area contributed by atoms with Crippen LogP contribution in [0.1, 0.15) is 25.3 Å². The molecule has 4 rings (SSSR count). The Bertz CT molecular complexity index is 1340. The second-order valence-corrected chi connectivity index (χ2v) is 10.0. The van der Waals surface area contributed by atoms with Gasteiger partial charge in [0.1, 0.15) is 5.65 Å². The summed E-state index contributed by atoms with van der Waals surface area (Å²) in [6.45, 7) is 1.94. The Kier molecular flexibility index (Phi) is 6.52. The van der Waals surface area contributed by atoms with Crippen molar-refractivity contribution in [3.8, 4) is 11.3 Å². The van der Waals surface area contributed by atoms with Crippen molar-refractivity contribution in [2.45, 2.75) is 26.2 Å². The Labute approximate surface area is 190 Å². The van der Waals surface area contributed by atoms with Gasteiger partial charge in [0.2, 0.25) is 15.9 Å². The zero-order chi connectivity index (χ0) is 22.6. The van der Waals surface area contributed by atoms with Gasteiger partial charge in [0.05, 0.1) is 17.9 Å². The number of nitrogens with zero attached hydrogens (tertiary/aromatic N) is 2. The van der Waals surface area contributed by atoms with E-state index in [1.54, 1.807) is 30.5 Å². The number of rotatable bonds is 9. The van der Waals surface area contributed by atoms with Crippen molar-refractivity contribution < 1.29 is 13.2 Å². The van der Waals surface area contributed by atoms with Crippen molar-refractivity contribution in [3.63, 3.8) is 0 Å². The van der Waals surface area contributed by atoms with E-state index in [1.807, 2.05) is 30.6 Å². The maximum atomic E-state index is 12.5. The number of carbonyl (C=O) groups is 1. The number of aromatic amines is 1. The molecule has 0 aliphatic rings. The SMILES string of the molecule is CCCCS(=O)(=O)Nc1cccc(CC(=O)Nc2nc(-c3c[nH]c4ncccc34)cs2)c1. The summed E-state index contributed by atoms with van der Waals surface area (Å²) in [5, 5.41) is 6.17. The van der Waals surface area contributed by atoms with Crippen LogP contribution in [-0.2, 0) is 21.2 Å². The highest BCUT2D eigenvalue weighted by Crippen LogP contribution is 2.30. The van der Waals surface area contributed by atoms with Gasteiger partial charge >= 0.3 is 0 Å². The Morgan fingerprint density at radius 2 is 2.09 bits per heavy atom. The van der Waals surface area contributed by atoms with Gasteiger partial charge in [0.15, 0.2) is 5.13 Å². The summed E-state index contributed by atoms with van der Waals surface area (Å²) in [6.07, 6.45) is 5.08. The van der Waals surface area contributed by atoms with E-state index in [4.69, 9.17) is 0 Å². The first-order chi connectivity index (χ1) is 15.4. The van der Waals surface area contributed by atoms with Gasteiger partial charge in [-0.25, -0.2) is 18.4 Å². The Morgan fingerprint density at radius 3 is 2.94 bits per heavy atom. The number of unbranched alkanes of at least 4 members (excludes halogenated alkanes) is 1. The minimum Gasteiger partial charge on any atom is -0.345 e. The summed E-state index contributed by atoms with van der Waals surface area (Å²) < 4.78 is 26.8. The maximum Gasteiger partial charge on any atom is 0.232 e. The lowest BCUT2D eigenvalue weighted by Gasteiger charge is -2.09. The van der Waals surface area contributed by atoms with Crippen molar-refractivity contribution >= 4 is 49.1 Å². The first-order valence-electron chi connectivity index (χ1n) is 10.2. The molecule has 8 nitrogen and oxygen atoms in total. The maximum absolute atomic E-state index is 12.5. The monoisotopic (exact) mass is 469 g/mol. The fourth-order valence-corrected chi connectivity index (χ4v) is 5.26. The summed E-state index contributed by atoms with van der Waals surface area (Å²) in [4.78, 5) is 24.5. The Balaban J connectivity index is 1.40. The molecule has 3 N–H and O–H groups in total. The summed E-state index contributed by atoms with van der Waals surface area (Å²) in [7, 11) is -3.39. The molecule has 0 saturated heterocycles. The Morgan fingerprint density at radius 1 is 1.22 bits per heavy atom. The van der Waals surface area contributed by atoms with Gasteiger partial charge in [0, 0.05) is 34.4 Å². The third kappa shape index (κ3) is 5.32. The number of hydrogen-bond donors (Lipinski definition) is 3. The Hall–Kier alpha value is -3.24. The standard InChI is InChI=1S/C22H23N5O3S2/c1-2-3-10-32(29,30)27-16-7-4-6-15(11-16)12-20(28)26-22-25-19(14-31-22)18-13-24-21-17(18)8-5-9-23-21/h4-9,11,13-14,27H,2-3,10,12H2,1H3,(H,23,24)(H,25,26,28). The highest BCUT2D eigenvalue weighted by atomic mass is 32.2. The van der Waals surface area contributed by atoms with E-state index in [1.165, 1.54) is 11.3 Å². The van der Waals surface area contributed by atoms with E-state index in [0.29, 0.717) is 22.8 Å². The molecule has 32 heavy (non-hydrogen) atoms. The molecule has 0 fully saturated rings. The summed E-state index contributed by atoms with van der Waals surface area (Å²) >= 11 is 1.34. The van der Waals surface area contributed by atoms with Gasteiger partial charge in [-0.2, -0.15) is 0 Å². The highest BCUT2D eigenvalue weighted by molar-refractivity contribution is 7.92. The van der Waals surface area contributed by atoms with E-state index in [2.05, 4.69) is 25.0 Å². The van der Waals surface area contributed by atoms with E-state index < -0.39 is 10.0 Å². The van der Waals surface area contributed by atoms with Gasteiger partial charge in [-0.05, 0) is 36.2 Å². The lowest BCUT2D eigenvalue weighted by Crippen LogP contribution is -2.17. The van der Waals surface area contributed by atoms with E-state index in [-0.39, 0.29) is 18.1 Å². The predicted molar refractivity (Wildman–Crippen MR) is 128 cm³/mol. The zero-order valence-corrected chi connectivity index (χ0v) is 19.1. The molecule has 3 aromatic heterocycles. The molecule has 0 bridgehead atoms. The number of pyridine rings is 1. The molecule has 1 aromatic carbocycles. The molecule has 0 unspecified atom stereocenters. The van der Waals surface area contributed by atoms with Crippen molar-refractivity contribution in [2.75, 3.05) is 15.8 Å². The average Bonchev–Trinajstić information content (AvgIpc) is 3.39. The van der Waals surface area contributed by atoms with Crippen LogP contribution in [-0.4, -0.2) is 35.0 Å². The van der Waals surface area contributed by atoms with Crippen molar-refractivity contribution in [3.05, 3.63) is 59.7 Å². The molecule has 166 valence electrons. The number of aromatic nitrogens is 3. The van der Waals surface area contributed by atoms with Crippen LogP contribution in [0.25, 0.3) is 22.3 Å². The molecule has 0 saturated carbocycles. The highest BCUT2D eigenvalue weighted by Gasteiger charge is 2.13. The third-order valence-electron chi connectivity index (χ3n) is 4.81. The quantitative estimate of drug-likeness (QED) is 0.336. The average molecular weight is 470 g/mol. The number of anilines is 2. The van der Waals surface area contributed by atoms with Crippen molar-refractivity contribution in [1.29, 1.82) is 0 Å². The van der Waals surface area contributed by atoms with Gasteiger partial charge in [-0.3, -0.25) is 9.52 Å². The third-order valence-corrected chi connectivity index (χ3v) is 6.94. The molecule has 0 spiro atoms. The van der Waals surface area contributed by atoms with Gasteiger partial charge in [-0.15, -0.1) is 11.3 Å². The van der Waals surface area contributed by atoms with Crippen LogP contribution in [0.5, 0.6) is 0 Å². The van der Waals surface area contributed by atoms with Crippen LogP contribution in [0.15, 0.2) is 54.2 Å². The normalized spacial score (nSPS) is 11.5. The summed E-state index contributed by atoms with van der Waals surface area (Å²) in [6, 6.07) is 10.7. The van der Waals surface area contributed by atoms with E-state index >= 15 is 0 Å². The smallest absolute Gasteiger partial charge is 0.232 e. The lowest BCUT2D eigenvalue weighted by molar-refractivity contribution is -0.115. The molecule has 0 atom stereocenters. The van der Waals surface area contributed by atoms with Crippen LogP contribution >= 0.6 is 11.3 Å². The van der Waals surface area contributed by atoms with Crippen LogP contribution < -0.4 is 10.0 Å². The van der Waals surface area contributed by atoms with Gasteiger partial charge in [0.25, 0.3) is 0 Å². The molecule has 10 heteroatoms. The second-order valence-electron chi connectivity index (χ2n) is 7.34. The topological polar surface area (TPSA) is 117 Å². The number of nitrogens with one attached hydrogen (secondary N) is 3. The molecule has 1 amide bonds. The molecule has 3 heterocycles. The van der Waals surface area contributed by atoms with E-state index in [9.17, 15) is 13.2 Å².